The normalized spacial score (nSPS) is 17.1. The zero-order valence-corrected chi connectivity index (χ0v) is 19.4. The third kappa shape index (κ3) is 6.47. The van der Waals surface area contributed by atoms with Crippen molar-refractivity contribution in [2.45, 2.75) is 31.7 Å². The minimum absolute atomic E-state index is 0.00272. The fourth-order valence-corrected chi connectivity index (χ4v) is 4.50. The van der Waals surface area contributed by atoms with Gasteiger partial charge in [-0.1, -0.05) is 29.8 Å². The van der Waals surface area contributed by atoms with E-state index in [-0.39, 0.29) is 17.9 Å². The number of anilines is 1. The molecule has 2 aliphatic rings. The smallest absolute Gasteiger partial charge is 0.224 e. The number of nitrogens with zero attached hydrogens (tertiary/aromatic N) is 1. The van der Waals surface area contributed by atoms with Gasteiger partial charge >= 0.3 is 0 Å². The molecule has 2 heterocycles. The molecule has 7 nitrogen and oxygen atoms in total. The van der Waals surface area contributed by atoms with Crippen molar-refractivity contribution in [1.29, 1.82) is 0 Å². The van der Waals surface area contributed by atoms with Crippen LogP contribution in [0.15, 0.2) is 42.5 Å². The number of hydrogen-bond acceptors (Lipinski definition) is 5. The Morgan fingerprint density at radius 2 is 2.00 bits per heavy atom. The van der Waals surface area contributed by atoms with Crippen molar-refractivity contribution >= 4 is 29.1 Å². The summed E-state index contributed by atoms with van der Waals surface area (Å²) in [4.78, 5) is 26.3. The summed E-state index contributed by atoms with van der Waals surface area (Å²) in [6, 6.07) is 13.5. The maximum atomic E-state index is 12.5. The molecular weight excluding hydrogens is 442 g/mol. The number of rotatable bonds is 9. The number of hydrogen-bond donors (Lipinski definition) is 2. The van der Waals surface area contributed by atoms with Crippen molar-refractivity contribution in [3.8, 4) is 5.75 Å². The van der Waals surface area contributed by atoms with Crippen LogP contribution < -0.4 is 15.4 Å². The lowest BCUT2D eigenvalue weighted by molar-refractivity contribution is -0.121. The molecule has 0 bridgehead atoms. The largest absolute Gasteiger partial charge is 0.494 e. The quantitative estimate of drug-likeness (QED) is 0.546. The highest BCUT2D eigenvalue weighted by atomic mass is 35.5. The van der Waals surface area contributed by atoms with Crippen LogP contribution in [0, 0.1) is 0 Å². The molecule has 0 aromatic heterocycles. The highest BCUT2D eigenvalue weighted by molar-refractivity contribution is 6.31. The first-order valence-electron chi connectivity index (χ1n) is 11.5. The Morgan fingerprint density at radius 1 is 1.18 bits per heavy atom. The second-order valence-corrected chi connectivity index (χ2v) is 8.72. The van der Waals surface area contributed by atoms with E-state index in [1.54, 1.807) is 0 Å². The molecule has 1 fully saturated rings. The molecule has 2 aromatic carbocycles. The summed E-state index contributed by atoms with van der Waals surface area (Å²) in [5, 5.41) is 6.65. The summed E-state index contributed by atoms with van der Waals surface area (Å²) in [6.45, 7) is 3.94. The van der Waals surface area contributed by atoms with Crippen LogP contribution in [-0.2, 0) is 20.7 Å². The van der Waals surface area contributed by atoms with Crippen molar-refractivity contribution in [3.63, 3.8) is 0 Å². The lowest BCUT2D eigenvalue weighted by Gasteiger charge is -2.35. The predicted octanol–water partition coefficient (Wildman–Crippen LogP) is 3.57. The molecule has 2 aromatic rings. The average molecular weight is 472 g/mol. The standard InChI is InChI=1S/C25H30ClN3O4/c26-21-5-2-1-4-20(21)23(29-11-14-32-15-12-29)17-27-24(30)6-3-13-33-19-8-9-22-18(16-19)7-10-25(31)28-22/h1-2,4-5,8-9,16,23H,3,6-7,10-15,17H2,(H,27,30)(H,28,31). The van der Waals surface area contributed by atoms with Crippen LogP contribution in [0.4, 0.5) is 5.69 Å². The minimum Gasteiger partial charge on any atom is -0.494 e. The molecule has 0 aliphatic carbocycles. The van der Waals surface area contributed by atoms with Crippen LogP contribution in [0.3, 0.4) is 0 Å². The van der Waals surface area contributed by atoms with Gasteiger partial charge in [0.25, 0.3) is 0 Å². The summed E-state index contributed by atoms with van der Waals surface area (Å²) >= 11 is 6.46. The Balaban J connectivity index is 1.24. The Bertz CT molecular complexity index is 978. The molecule has 1 atom stereocenters. The lowest BCUT2D eigenvalue weighted by Crippen LogP contribution is -2.44. The third-order valence-electron chi connectivity index (χ3n) is 6.03. The topological polar surface area (TPSA) is 79.9 Å². The second kappa shape index (κ2) is 11.5. The van der Waals surface area contributed by atoms with Crippen LogP contribution in [0.2, 0.25) is 5.02 Å². The number of ether oxygens (including phenoxy) is 2. The van der Waals surface area contributed by atoms with Crippen molar-refractivity contribution < 1.29 is 19.1 Å². The van der Waals surface area contributed by atoms with Gasteiger partial charge in [0.1, 0.15) is 5.75 Å². The number of fused-ring (bicyclic) bond motifs is 1. The number of morpholine rings is 1. The van der Waals surface area contributed by atoms with E-state index >= 15 is 0 Å². The summed E-state index contributed by atoms with van der Waals surface area (Å²) in [5.74, 6) is 0.807. The monoisotopic (exact) mass is 471 g/mol. The van der Waals surface area contributed by atoms with E-state index in [1.165, 1.54) is 0 Å². The molecule has 2 amide bonds. The molecule has 2 aliphatic heterocycles. The van der Waals surface area contributed by atoms with Gasteiger partial charge in [0.05, 0.1) is 25.9 Å². The van der Waals surface area contributed by atoms with Crippen LogP contribution in [0.1, 0.15) is 36.4 Å². The van der Waals surface area contributed by atoms with Gasteiger partial charge in [-0.3, -0.25) is 14.5 Å². The summed E-state index contributed by atoms with van der Waals surface area (Å²) < 4.78 is 11.3. The van der Waals surface area contributed by atoms with E-state index in [2.05, 4.69) is 15.5 Å². The van der Waals surface area contributed by atoms with Gasteiger partial charge < -0.3 is 20.1 Å². The molecule has 0 saturated carbocycles. The van der Waals surface area contributed by atoms with Gasteiger partial charge in [0, 0.05) is 43.2 Å². The summed E-state index contributed by atoms with van der Waals surface area (Å²) in [5.41, 5.74) is 2.96. The molecule has 1 saturated heterocycles. The molecule has 1 unspecified atom stereocenters. The number of carbonyl (C=O) groups is 2. The first-order valence-corrected chi connectivity index (χ1v) is 11.9. The molecule has 8 heteroatoms. The first-order chi connectivity index (χ1) is 16.1. The Hall–Kier alpha value is -2.61. The zero-order valence-electron chi connectivity index (χ0n) is 18.6. The van der Waals surface area contributed by atoms with E-state index in [9.17, 15) is 9.59 Å². The SMILES string of the molecule is O=C(CCCOc1ccc2c(c1)CCC(=O)N2)NCC(c1ccccc1Cl)N1CCOCC1. The maximum Gasteiger partial charge on any atom is 0.224 e. The van der Waals surface area contributed by atoms with E-state index in [0.717, 1.165) is 42.1 Å². The molecule has 33 heavy (non-hydrogen) atoms. The highest BCUT2D eigenvalue weighted by Crippen LogP contribution is 2.28. The molecule has 176 valence electrons. The first kappa shape index (κ1) is 23.5. The lowest BCUT2D eigenvalue weighted by atomic mass is 10.0. The molecular formula is C25H30ClN3O4. The van der Waals surface area contributed by atoms with Crippen LogP contribution in [0.5, 0.6) is 5.75 Å². The number of amides is 2. The van der Waals surface area contributed by atoms with E-state index < -0.39 is 0 Å². The van der Waals surface area contributed by atoms with E-state index in [1.807, 2.05) is 42.5 Å². The fraction of sp³-hybridized carbons (Fsp3) is 0.440. The second-order valence-electron chi connectivity index (χ2n) is 8.31. The van der Waals surface area contributed by atoms with Gasteiger partial charge in [0.2, 0.25) is 11.8 Å². The van der Waals surface area contributed by atoms with Gasteiger partial charge in [-0.25, -0.2) is 0 Å². The van der Waals surface area contributed by atoms with E-state index in [0.29, 0.717) is 50.7 Å². The van der Waals surface area contributed by atoms with Gasteiger partial charge in [0.15, 0.2) is 0 Å². The van der Waals surface area contributed by atoms with Crippen molar-refractivity contribution in [2.75, 3.05) is 44.8 Å². The summed E-state index contributed by atoms with van der Waals surface area (Å²) in [7, 11) is 0. The Labute approximate surface area is 199 Å². The number of halogens is 1. The fourth-order valence-electron chi connectivity index (χ4n) is 4.24. The molecule has 0 radical (unpaired) electrons. The van der Waals surface area contributed by atoms with Gasteiger partial charge in [-0.2, -0.15) is 0 Å². The average Bonchev–Trinajstić information content (AvgIpc) is 2.83. The van der Waals surface area contributed by atoms with Crippen LogP contribution in [-0.4, -0.2) is 56.2 Å². The Morgan fingerprint density at radius 3 is 2.82 bits per heavy atom. The van der Waals surface area contributed by atoms with Gasteiger partial charge in [-0.05, 0) is 48.2 Å². The van der Waals surface area contributed by atoms with Crippen molar-refractivity contribution in [3.05, 3.63) is 58.6 Å². The number of aryl methyl sites for hydroxylation is 1. The zero-order chi connectivity index (χ0) is 23.0. The number of nitrogens with one attached hydrogen (secondary N) is 2. The number of benzene rings is 2. The van der Waals surface area contributed by atoms with Crippen LogP contribution >= 0.6 is 11.6 Å². The minimum atomic E-state index is -0.00272. The molecule has 2 N–H and O–H groups in total. The third-order valence-corrected chi connectivity index (χ3v) is 6.38. The maximum absolute atomic E-state index is 12.5. The number of carbonyl (C=O) groups excluding carboxylic acids is 2. The molecule has 0 spiro atoms. The summed E-state index contributed by atoms with van der Waals surface area (Å²) in [6.07, 6.45) is 2.22. The van der Waals surface area contributed by atoms with E-state index in [4.69, 9.17) is 21.1 Å². The Kier molecular flexibility index (Phi) is 8.20. The van der Waals surface area contributed by atoms with Crippen molar-refractivity contribution in [1.82, 2.24) is 10.2 Å². The van der Waals surface area contributed by atoms with Gasteiger partial charge in [-0.15, -0.1) is 0 Å². The molecule has 4 rings (SSSR count). The van der Waals surface area contributed by atoms with Crippen LogP contribution in [0.25, 0.3) is 0 Å². The van der Waals surface area contributed by atoms with Crippen molar-refractivity contribution in [2.24, 2.45) is 0 Å². The predicted molar refractivity (Wildman–Crippen MR) is 128 cm³/mol. The highest BCUT2D eigenvalue weighted by Gasteiger charge is 2.24.